The van der Waals surface area contributed by atoms with Crippen LogP contribution < -0.4 is 0 Å². The summed E-state index contributed by atoms with van der Waals surface area (Å²) < 4.78 is 57.1. The van der Waals surface area contributed by atoms with Crippen LogP contribution in [0.5, 0.6) is 0 Å². The number of unbranched alkanes of at least 4 members (excludes halogenated alkanes) is 5. The van der Waals surface area contributed by atoms with Gasteiger partial charge in [0.25, 0.3) is 5.97 Å². The minimum absolute atomic E-state index is 0.129. The maximum atomic E-state index is 12.9. The molecule has 0 aromatic heterocycles. The van der Waals surface area contributed by atoms with Crippen LogP contribution in [0.25, 0.3) is 11.1 Å². The van der Waals surface area contributed by atoms with E-state index in [2.05, 4.69) is 6.92 Å². The van der Waals surface area contributed by atoms with Gasteiger partial charge in [-0.2, -0.15) is 13.2 Å². The molecule has 0 amide bonds. The second-order valence-electron chi connectivity index (χ2n) is 8.71. The molecule has 196 valence electrons. The molecule has 0 radical (unpaired) electrons. The van der Waals surface area contributed by atoms with E-state index in [-0.39, 0.29) is 5.92 Å². The van der Waals surface area contributed by atoms with Crippen molar-refractivity contribution in [1.29, 1.82) is 0 Å². The molecule has 1 unspecified atom stereocenters. The number of alkyl halides is 3. The highest BCUT2D eigenvalue weighted by molar-refractivity contribution is 5.64. The molecule has 2 rings (SSSR count). The van der Waals surface area contributed by atoms with Gasteiger partial charge < -0.3 is 14.2 Å². The van der Waals surface area contributed by atoms with E-state index in [9.17, 15) is 13.2 Å². The lowest BCUT2D eigenvalue weighted by Gasteiger charge is -2.39. The van der Waals surface area contributed by atoms with Crippen LogP contribution in [0.1, 0.15) is 89.7 Å². The summed E-state index contributed by atoms with van der Waals surface area (Å²) in [5.74, 6) is -1.30. The summed E-state index contributed by atoms with van der Waals surface area (Å²) in [6.45, 7) is 9.38. The zero-order chi connectivity index (χ0) is 25.7. The molecule has 0 fully saturated rings. The van der Waals surface area contributed by atoms with Gasteiger partial charge in [-0.05, 0) is 56.0 Å². The monoisotopic (exact) mass is 494 g/mol. The van der Waals surface area contributed by atoms with Crippen LogP contribution in [-0.4, -0.2) is 25.8 Å². The maximum Gasteiger partial charge on any atom is 0.416 e. The number of ether oxygens (including phenoxy) is 3. The van der Waals surface area contributed by atoms with Gasteiger partial charge in [-0.1, -0.05) is 81.8 Å². The lowest BCUT2D eigenvalue weighted by Crippen LogP contribution is -2.45. The fourth-order valence-corrected chi connectivity index (χ4v) is 4.47. The van der Waals surface area contributed by atoms with Crippen molar-refractivity contribution in [3.8, 4) is 11.1 Å². The van der Waals surface area contributed by atoms with Gasteiger partial charge in [0.2, 0.25) is 0 Å². The molecule has 0 saturated heterocycles. The molecule has 0 heterocycles. The zero-order valence-corrected chi connectivity index (χ0v) is 21.6. The molecule has 3 nitrogen and oxygen atoms in total. The minimum Gasteiger partial charge on any atom is -0.327 e. The van der Waals surface area contributed by atoms with Crippen LogP contribution in [0.2, 0.25) is 0 Å². The van der Waals surface area contributed by atoms with E-state index in [0.717, 1.165) is 48.1 Å². The van der Waals surface area contributed by atoms with Crippen LogP contribution >= 0.6 is 0 Å². The Morgan fingerprint density at radius 3 is 1.54 bits per heavy atom. The van der Waals surface area contributed by atoms with E-state index in [1.807, 2.05) is 45.0 Å². The lowest BCUT2D eigenvalue weighted by molar-refractivity contribution is -0.389. The summed E-state index contributed by atoms with van der Waals surface area (Å²) in [4.78, 5) is 0. The highest BCUT2D eigenvalue weighted by atomic mass is 19.4. The molecule has 0 aliphatic heterocycles. The summed E-state index contributed by atoms with van der Waals surface area (Å²) in [6, 6.07) is 13.2. The first-order valence-corrected chi connectivity index (χ1v) is 13.0. The van der Waals surface area contributed by atoms with E-state index in [0.29, 0.717) is 19.8 Å². The van der Waals surface area contributed by atoms with Crippen LogP contribution in [0.3, 0.4) is 0 Å². The quantitative estimate of drug-likeness (QED) is 0.172. The second kappa shape index (κ2) is 14.6. The minimum atomic E-state index is -4.34. The van der Waals surface area contributed by atoms with Gasteiger partial charge >= 0.3 is 6.18 Å². The summed E-state index contributed by atoms with van der Waals surface area (Å²) >= 11 is 0. The Bertz CT molecular complexity index is 815. The second-order valence-corrected chi connectivity index (χ2v) is 8.71. The van der Waals surface area contributed by atoms with Crippen LogP contribution in [-0.2, 0) is 20.4 Å². The summed E-state index contributed by atoms with van der Waals surface area (Å²) in [5.41, 5.74) is 1.98. The van der Waals surface area contributed by atoms with E-state index in [1.54, 1.807) is 0 Å². The molecule has 2 aromatic carbocycles. The number of rotatable bonds is 16. The molecule has 0 bridgehead atoms. The first-order chi connectivity index (χ1) is 16.8. The Hall–Kier alpha value is -1.89. The number of hydrogen-bond donors (Lipinski definition) is 0. The average Bonchev–Trinajstić information content (AvgIpc) is 2.84. The Balaban J connectivity index is 2.30. The molecule has 35 heavy (non-hydrogen) atoms. The molecule has 0 saturated carbocycles. The topological polar surface area (TPSA) is 27.7 Å². The smallest absolute Gasteiger partial charge is 0.327 e. The van der Waals surface area contributed by atoms with Crippen molar-refractivity contribution in [3.05, 3.63) is 59.7 Å². The van der Waals surface area contributed by atoms with Gasteiger partial charge in [-0.25, -0.2) is 0 Å². The van der Waals surface area contributed by atoms with Gasteiger partial charge in [0.1, 0.15) is 0 Å². The molecule has 2 aromatic rings. The maximum absolute atomic E-state index is 12.9. The average molecular weight is 495 g/mol. The van der Waals surface area contributed by atoms with Gasteiger partial charge in [0.15, 0.2) is 0 Å². The molecule has 0 N–H and O–H groups in total. The first kappa shape index (κ1) is 29.3. The predicted molar refractivity (Wildman–Crippen MR) is 135 cm³/mol. The molecular weight excluding hydrogens is 453 g/mol. The summed E-state index contributed by atoms with van der Waals surface area (Å²) in [5, 5.41) is 0. The SMILES string of the molecule is CCCCCCCCC(c1ccc(-c2ccc(C(F)(F)F)cc2)cc1)C(OCC)(OCC)OCC. The van der Waals surface area contributed by atoms with E-state index < -0.39 is 17.7 Å². The third-order valence-corrected chi connectivity index (χ3v) is 6.17. The molecule has 1 atom stereocenters. The normalized spacial score (nSPS) is 13.2. The third kappa shape index (κ3) is 8.62. The fourth-order valence-electron chi connectivity index (χ4n) is 4.47. The summed E-state index contributed by atoms with van der Waals surface area (Å²) in [7, 11) is 0. The van der Waals surface area contributed by atoms with Gasteiger partial charge in [-0.3, -0.25) is 0 Å². The van der Waals surface area contributed by atoms with Crippen molar-refractivity contribution in [2.24, 2.45) is 0 Å². The zero-order valence-electron chi connectivity index (χ0n) is 21.6. The fraction of sp³-hybridized carbons (Fsp3) is 0.586. The highest BCUT2D eigenvalue weighted by Gasteiger charge is 2.42. The van der Waals surface area contributed by atoms with E-state index in [4.69, 9.17) is 14.2 Å². The predicted octanol–water partition coefficient (Wildman–Crippen LogP) is 8.97. The van der Waals surface area contributed by atoms with Crippen molar-refractivity contribution in [3.63, 3.8) is 0 Å². The van der Waals surface area contributed by atoms with Crippen molar-refractivity contribution in [2.75, 3.05) is 19.8 Å². The van der Waals surface area contributed by atoms with Crippen molar-refractivity contribution >= 4 is 0 Å². The largest absolute Gasteiger partial charge is 0.416 e. The van der Waals surface area contributed by atoms with Crippen LogP contribution in [0.15, 0.2) is 48.5 Å². The van der Waals surface area contributed by atoms with Gasteiger partial charge in [0.05, 0.1) is 11.5 Å². The van der Waals surface area contributed by atoms with E-state index >= 15 is 0 Å². The van der Waals surface area contributed by atoms with Crippen LogP contribution in [0.4, 0.5) is 13.2 Å². The van der Waals surface area contributed by atoms with E-state index in [1.165, 1.54) is 37.8 Å². The Morgan fingerprint density at radius 2 is 1.09 bits per heavy atom. The Labute approximate surface area is 209 Å². The molecule has 0 spiro atoms. The van der Waals surface area contributed by atoms with Crippen molar-refractivity contribution in [2.45, 2.75) is 90.7 Å². The van der Waals surface area contributed by atoms with Gasteiger partial charge in [-0.15, -0.1) is 0 Å². The molecule has 6 heteroatoms. The number of hydrogen-bond acceptors (Lipinski definition) is 3. The standard InChI is InChI=1S/C29H41F3O3/c1-5-9-10-11-12-13-14-27(29(33-6-2,34-7-3)35-8-4)25-17-15-23(16-18-25)24-19-21-26(22-20-24)28(30,31)32/h15-22,27H,5-14H2,1-4H3. The number of halogens is 3. The molecule has 0 aliphatic rings. The van der Waals surface area contributed by atoms with Crippen molar-refractivity contribution in [1.82, 2.24) is 0 Å². The summed E-state index contributed by atoms with van der Waals surface area (Å²) in [6.07, 6.45) is 3.62. The van der Waals surface area contributed by atoms with Gasteiger partial charge in [0, 0.05) is 19.8 Å². The lowest BCUT2D eigenvalue weighted by atomic mass is 9.89. The Morgan fingerprint density at radius 1 is 0.629 bits per heavy atom. The molecular formula is C29H41F3O3. The highest BCUT2D eigenvalue weighted by Crippen LogP contribution is 2.39. The third-order valence-electron chi connectivity index (χ3n) is 6.17. The Kier molecular flexibility index (Phi) is 12.3. The first-order valence-electron chi connectivity index (χ1n) is 13.0. The van der Waals surface area contributed by atoms with Crippen molar-refractivity contribution < 1.29 is 27.4 Å². The number of benzene rings is 2. The molecule has 0 aliphatic carbocycles. The van der Waals surface area contributed by atoms with Crippen LogP contribution in [0, 0.1) is 0 Å².